The SMILES string of the molecule is CCOCCOc1c(Cl)cccc1NC(=O)Nc1cccc(C)c1. The van der Waals surface area contributed by atoms with E-state index in [0.29, 0.717) is 42.0 Å². The molecule has 2 N–H and O–H groups in total. The molecule has 0 unspecified atom stereocenters. The summed E-state index contributed by atoms with van der Waals surface area (Å²) in [5, 5.41) is 5.97. The third-order valence-corrected chi connectivity index (χ3v) is 3.47. The number of hydrogen-bond acceptors (Lipinski definition) is 3. The number of carbonyl (C=O) groups is 1. The molecule has 0 radical (unpaired) electrons. The number of rotatable bonds is 7. The van der Waals surface area contributed by atoms with Crippen LogP contribution in [0.15, 0.2) is 42.5 Å². The Kier molecular flexibility index (Phi) is 6.90. The van der Waals surface area contributed by atoms with Gasteiger partial charge in [0.15, 0.2) is 5.75 Å². The number of anilines is 2. The zero-order valence-corrected chi connectivity index (χ0v) is 14.5. The van der Waals surface area contributed by atoms with Crippen LogP contribution in [0.5, 0.6) is 5.75 Å². The number of nitrogens with one attached hydrogen (secondary N) is 2. The van der Waals surface area contributed by atoms with Crippen molar-refractivity contribution < 1.29 is 14.3 Å². The molecule has 2 aromatic carbocycles. The number of hydrogen-bond donors (Lipinski definition) is 2. The highest BCUT2D eigenvalue weighted by Gasteiger charge is 2.11. The highest BCUT2D eigenvalue weighted by atomic mass is 35.5. The molecule has 2 amide bonds. The van der Waals surface area contributed by atoms with Gasteiger partial charge in [0.2, 0.25) is 0 Å². The molecule has 0 atom stereocenters. The molecule has 0 fully saturated rings. The van der Waals surface area contributed by atoms with E-state index in [9.17, 15) is 4.79 Å². The fourth-order valence-electron chi connectivity index (χ4n) is 2.11. The zero-order valence-electron chi connectivity index (χ0n) is 13.8. The standard InChI is InChI=1S/C18H21ClN2O3/c1-3-23-10-11-24-17-15(19)8-5-9-16(17)21-18(22)20-14-7-4-6-13(2)12-14/h4-9,12H,3,10-11H2,1-2H3,(H2,20,21,22). The van der Waals surface area contributed by atoms with Crippen LogP contribution in [0.1, 0.15) is 12.5 Å². The van der Waals surface area contributed by atoms with E-state index in [4.69, 9.17) is 21.1 Å². The fraction of sp³-hybridized carbons (Fsp3) is 0.278. The number of aryl methyl sites for hydroxylation is 1. The lowest BCUT2D eigenvalue weighted by atomic mass is 10.2. The van der Waals surface area contributed by atoms with Gasteiger partial charge in [0, 0.05) is 12.3 Å². The normalized spacial score (nSPS) is 10.3. The Morgan fingerprint density at radius 3 is 2.67 bits per heavy atom. The molecule has 0 saturated carbocycles. The van der Waals surface area contributed by atoms with Crippen molar-refractivity contribution in [1.82, 2.24) is 0 Å². The second-order valence-corrected chi connectivity index (χ2v) is 5.52. The van der Waals surface area contributed by atoms with E-state index in [1.165, 1.54) is 0 Å². The van der Waals surface area contributed by atoms with Crippen LogP contribution in [0.25, 0.3) is 0 Å². The summed E-state index contributed by atoms with van der Waals surface area (Å²) < 4.78 is 10.9. The lowest BCUT2D eigenvalue weighted by Gasteiger charge is -2.14. The van der Waals surface area contributed by atoms with E-state index in [0.717, 1.165) is 5.56 Å². The summed E-state index contributed by atoms with van der Waals surface area (Å²) in [5.41, 5.74) is 2.29. The predicted molar refractivity (Wildman–Crippen MR) is 97.3 cm³/mol. The summed E-state index contributed by atoms with van der Waals surface area (Å²) in [6.45, 7) is 5.31. The summed E-state index contributed by atoms with van der Waals surface area (Å²) in [6, 6.07) is 12.4. The summed E-state index contributed by atoms with van der Waals surface area (Å²) in [7, 11) is 0. The third-order valence-electron chi connectivity index (χ3n) is 3.17. The van der Waals surface area contributed by atoms with E-state index < -0.39 is 0 Å². The molecular formula is C18H21ClN2O3. The summed E-state index contributed by atoms with van der Waals surface area (Å²) in [6.07, 6.45) is 0. The number of ether oxygens (including phenoxy) is 2. The Morgan fingerprint density at radius 2 is 1.92 bits per heavy atom. The number of halogens is 1. The number of carbonyl (C=O) groups excluding carboxylic acids is 1. The molecule has 24 heavy (non-hydrogen) atoms. The Bertz CT molecular complexity index is 692. The van der Waals surface area contributed by atoms with Gasteiger partial charge in [-0.25, -0.2) is 4.79 Å². The van der Waals surface area contributed by atoms with Crippen LogP contribution in [0, 0.1) is 6.92 Å². The lowest BCUT2D eigenvalue weighted by molar-refractivity contribution is 0.110. The van der Waals surface area contributed by atoms with Crippen molar-refractivity contribution in [2.75, 3.05) is 30.5 Å². The smallest absolute Gasteiger partial charge is 0.323 e. The van der Waals surface area contributed by atoms with Crippen LogP contribution >= 0.6 is 11.6 Å². The molecule has 0 bridgehead atoms. The van der Waals surface area contributed by atoms with Crippen molar-refractivity contribution in [2.45, 2.75) is 13.8 Å². The van der Waals surface area contributed by atoms with E-state index in [-0.39, 0.29) is 6.03 Å². The lowest BCUT2D eigenvalue weighted by Crippen LogP contribution is -2.20. The van der Waals surface area contributed by atoms with Gasteiger partial charge < -0.3 is 20.1 Å². The first kappa shape index (κ1) is 18.1. The minimum absolute atomic E-state index is 0.353. The quantitative estimate of drug-likeness (QED) is 0.712. The van der Waals surface area contributed by atoms with Crippen LogP contribution in [0.3, 0.4) is 0 Å². The van der Waals surface area contributed by atoms with Gasteiger partial charge in [-0.15, -0.1) is 0 Å². The Labute approximate surface area is 146 Å². The van der Waals surface area contributed by atoms with Crippen molar-refractivity contribution in [1.29, 1.82) is 0 Å². The van der Waals surface area contributed by atoms with Gasteiger partial charge in [-0.1, -0.05) is 29.8 Å². The number of amides is 2. The van der Waals surface area contributed by atoms with Crippen LogP contribution < -0.4 is 15.4 Å². The molecular weight excluding hydrogens is 328 g/mol. The van der Waals surface area contributed by atoms with Crippen molar-refractivity contribution in [3.8, 4) is 5.75 Å². The predicted octanol–water partition coefficient (Wildman–Crippen LogP) is 4.71. The van der Waals surface area contributed by atoms with Crippen molar-refractivity contribution in [3.05, 3.63) is 53.1 Å². The van der Waals surface area contributed by atoms with Crippen LogP contribution in [0.2, 0.25) is 5.02 Å². The summed E-state index contributed by atoms with van der Waals surface area (Å²) in [4.78, 5) is 12.2. The summed E-state index contributed by atoms with van der Waals surface area (Å²) in [5.74, 6) is 0.429. The average molecular weight is 349 g/mol. The topological polar surface area (TPSA) is 59.6 Å². The Balaban J connectivity index is 2.02. The highest BCUT2D eigenvalue weighted by molar-refractivity contribution is 6.32. The molecule has 5 nitrogen and oxygen atoms in total. The minimum atomic E-state index is -0.363. The molecule has 0 aromatic heterocycles. The third kappa shape index (κ3) is 5.44. The number of para-hydroxylation sites is 1. The molecule has 128 valence electrons. The molecule has 0 aliphatic rings. The van der Waals surface area contributed by atoms with Gasteiger partial charge in [0.1, 0.15) is 6.61 Å². The molecule has 0 aliphatic carbocycles. The monoisotopic (exact) mass is 348 g/mol. The second kappa shape index (κ2) is 9.15. The maximum absolute atomic E-state index is 12.2. The molecule has 0 saturated heterocycles. The minimum Gasteiger partial charge on any atom is -0.487 e. The van der Waals surface area contributed by atoms with E-state index in [1.54, 1.807) is 18.2 Å². The first-order chi connectivity index (χ1) is 11.6. The maximum atomic E-state index is 12.2. The van der Waals surface area contributed by atoms with Gasteiger partial charge in [0.05, 0.1) is 17.3 Å². The molecule has 2 rings (SSSR count). The zero-order chi connectivity index (χ0) is 17.4. The molecule has 6 heteroatoms. The van der Waals surface area contributed by atoms with Crippen LogP contribution in [-0.2, 0) is 4.74 Å². The first-order valence-electron chi connectivity index (χ1n) is 7.74. The van der Waals surface area contributed by atoms with Gasteiger partial charge in [-0.05, 0) is 43.7 Å². The Hall–Kier alpha value is -2.24. The average Bonchev–Trinajstić information content (AvgIpc) is 2.53. The van der Waals surface area contributed by atoms with Crippen molar-refractivity contribution in [2.24, 2.45) is 0 Å². The van der Waals surface area contributed by atoms with Gasteiger partial charge in [-0.2, -0.15) is 0 Å². The first-order valence-corrected chi connectivity index (χ1v) is 8.11. The summed E-state index contributed by atoms with van der Waals surface area (Å²) >= 11 is 6.17. The highest BCUT2D eigenvalue weighted by Crippen LogP contribution is 2.33. The van der Waals surface area contributed by atoms with E-state index >= 15 is 0 Å². The van der Waals surface area contributed by atoms with Gasteiger partial charge in [0.25, 0.3) is 0 Å². The molecule has 2 aromatic rings. The van der Waals surface area contributed by atoms with E-state index in [2.05, 4.69) is 10.6 Å². The molecule has 0 aliphatic heterocycles. The van der Waals surface area contributed by atoms with Gasteiger partial charge >= 0.3 is 6.03 Å². The van der Waals surface area contributed by atoms with Crippen molar-refractivity contribution >= 4 is 29.0 Å². The van der Waals surface area contributed by atoms with Gasteiger partial charge in [-0.3, -0.25) is 0 Å². The maximum Gasteiger partial charge on any atom is 0.323 e. The second-order valence-electron chi connectivity index (χ2n) is 5.11. The van der Waals surface area contributed by atoms with Crippen LogP contribution in [-0.4, -0.2) is 25.9 Å². The molecule has 0 heterocycles. The largest absolute Gasteiger partial charge is 0.487 e. The van der Waals surface area contributed by atoms with Crippen molar-refractivity contribution in [3.63, 3.8) is 0 Å². The Morgan fingerprint density at radius 1 is 1.12 bits per heavy atom. The number of benzene rings is 2. The van der Waals surface area contributed by atoms with E-state index in [1.807, 2.05) is 38.1 Å². The molecule has 0 spiro atoms. The number of urea groups is 1. The van der Waals surface area contributed by atoms with Crippen LogP contribution in [0.4, 0.5) is 16.2 Å². The fourth-order valence-corrected chi connectivity index (χ4v) is 2.34.